The molecule has 170 valence electrons. The first kappa shape index (κ1) is 22.0. The van der Waals surface area contributed by atoms with Crippen LogP contribution in [-0.2, 0) is 30.9 Å². The van der Waals surface area contributed by atoms with E-state index in [0.717, 1.165) is 4.31 Å². The fourth-order valence-electron chi connectivity index (χ4n) is 3.28. The molecule has 2 aliphatic rings. The molecule has 1 aromatic heterocycles. The molecule has 2 aromatic rings. The molecule has 11 nitrogen and oxygen atoms in total. The first-order chi connectivity index (χ1) is 15.4. The number of amides is 2. The summed E-state index contributed by atoms with van der Waals surface area (Å²) in [7, 11) is -3.92. The Bertz CT molecular complexity index is 1090. The van der Waals surface area contributed by atoms with Crippen LogP contribution < -0.4 is 20.1 Å². The van der Waals surface area contributed by atoms with E-state index in [2.05, 4.69) is 15.6 Å². The topological polar surface area (TPSA) is 136 Å². The Labute approximate surface area is 184 Å². The molecule has 1 atom stereocenters. The van der Waals surface area contributed by atoms with Crippen molar-refractivity contribution in [3.63, 3.8) is 0 Å². The molecule has 0 radical (unpaired) electrons. The zero-order chi connectivity index (χ0) is 22.6. The Kier molecular flexibility index (Phi) is 6.53. The van der Waals surface area contributed by atoms with Gasteiger partial charge in [0.25, 0.3) is 0 Å². The second-order valence-corrected chi connectivity index (χ2v) is 8.85. The van der Waals surface area contributed by atoms with Gasteiger partial charge in [0.05, 0.1) is 30.3 Å². The highest BCUT2D eigenvalue weighted by molar-refractivity contribution is 7.89. The number of nitrogens with one attached hydrogen (secondary N) is 2. The standard InChI is InChI=1S/C20H22N4O7S/c25-19(22-12-14-3-1-2-6-21-14)20(26)23-13-18-24(7-8-31-18)32(27,28)15-4-5-16-17(11-15)30-10-9-29-16/h1-6,11,18H,7-10,12-13H2,(H,22,25)(H,23,26). The molecule has 2 aliphatic heterocycles. The van der Waals surface area contributed by atoms with Crippen LogP contribution in [0.1, 0.15) is 5.69 Å². The molecular weight excluding hydrogens is 440 g/mol. The number of nitrogens with zero attached hydrogens (tertiary/aromatic N) is 2. The van der Waals surface area contributed by atoms with Crippen molar-refractivity contribution in [3.8, 4) is 11.5 Å². The van der Waals surface area contributed by atoms with Crippen LogP contribution in [-0.4, -0.2) is 68.7 Å². The highest BCUT2D eigenvalue weighted by atomic mass is 32.2. The highest BCUT2D eigenvalue weighted by Crippen LogP contribution is 2.34. The molecule has 12 heteroatoms. The van der Waals surface area contributed by atoms with Gasteiger partial charge in [0.1, 0.15) is 19.4 Å². The number of ether oxygens (including phenoxy) is 3. The summed E-state index contributed by atoms with van der Waals surface area (Å²) in [6.07, 6.45) is 0.635. The average Bonchev–Trinajstić information content (AvgIpc) is 3.31. The van der Waals surface area contributed by atoms with Gasteiger partial charge in [-0.25, -0.2) is 8.42 Å². The molecule has 0 spiro atoms. The number of carbonyl (C=O) groups excluding carboxylic acids is 2. The van der Waals surface area contributed by atoms with Gasteiger partial charge in [0, 0.05) is 18.8 Å². The van der Waals surface area contributed by atoms with E-state index in [0.29, 0.717) is 30.4 Å². The second-order valence-electron chi connectivity index (χ2n) is 6.96. The molecule has 4 rings (SSSR count). The minimum Gasteiger partial charge on any atom is -0.486 e. The molecule has 0 bridgehead atoms. The molecule has 1 aromatic carbocycles. The van der Waals surface area contributed by atoms with E-state index < -0.39 is 28.1 Å². The highest BCUT2D eigenvalue weighted by Gasteiger charge is 2.37. The monoisotopic (exact) mass is 462 g/mol. The summed E-state index contributed by atoms with van der Waals surface area (Å²) in [5.74, 6) is -0.914. The Morgan fingerprint density at radius 3 is 2.59 bits per heavy atom. The molecular formula is C20H22N4O7S. The fourth-order valence-corrected chi connectivity index (χ4v) is 4.80. The summed E-state index contributed by atoms with van der Waals surface area (Å²) >= 11 is 0. The SMILES string of the molecule is O=C(NCc1ccccn1)C(=O)NCC1OCCN1S(=O)(=O)c1ccc2c(c1)OCCO2. The minimum absolute atomic E-state index is 0.0247. The van der Waals surface area contributed by atoms with Gasteiger partial charge >= 0.3 is 11.8 Å². The Morgan fingerprint density at radius 1 is 1.03 bits per heavy atom. The third-order valence-electron chi connectivity index (χ3n) is 4.86. The van der Waals surface area contributed by atoms with Crippen molar-refractivity contribution in [1.29, 1.82) is 0 Å². The van der Waals surface area contributed by atoms with Crippen molar-refractivity contribution in [1.82, 2.24) is 19.9 Å². The average molecular weight is 462 g/mol. The van der Waals surface area contributed by atoms with Gasteiger partial charge in [0.15, 0.2) is 11.5 Å². The third kappa shape index (κ3) is 4.82. The Morgan fingerprint density at radius 2 is 1.81 bits per heavy atom. The maximum absolute atomic E-state index is 13.1. The number of rotatable bonds is 6. The Hall–Kier alpha value is -3.22. The normalized spacial score (nSPS) is 18.2. The summed E-state index contributed by atoms with van der Waals surface area (Å²) in [5, 5.41) is 4.88. The lowest BCUT2D eigenvalue weighted by atomic mass is 10.3. The van der Waals surface area contributed by atoms with Gasteiger partial charge in [-0.2, -0.15) is 4.31 Å². The summed E-state index contributed by atoms with van der Waals surface area (Å²) in [5.41, 5.74) is 0.601. The number of hydrogen-bond acceptors (Lipinski definition) is 8. The van der Waals surface area contributed by atoms with Crippen molar-refractivity contribution < 1.29 is 32.2 Å². The van der Waals surface area contributed by atoms with Crippen LogP contribution in [0.25, 0.3) is 0 Å². The minimum atomic E-state index is -3.92. The Balaban J connectivity index is 1.36. The van der Waals surface area contributed by atoms with Crippen LogP contribution >= 0.6 is 0 Å². The maximum atomic E-state index is 13.1. The molecule has 32 heavy (non-hydrogen) atoms. The number of carbonyl (C=O) groups is 2. The number of benzene rings is 1. The van der Waals surface area contributed by atoms with E-state index in [-0.39, 0.29) is 31.1 Å². The van der Waals surface area contributed by atoms with Gasteiger partial charge in [-0.05, 0) is 24.3 Å². The van der Waals surface area contributed by atoms with Crippen LogP contribution in [0.15, 0.2) is 47.5 Å². The first-order valence-electron chi connectivity index (χ1n) is 9.94. The fraction of sp³-hybridized carbons (Fsp3) is 0.350. The summed E-state index contributed by atoms with van der Waals surface area (Å²) in [6.45, 7) is 0.924. The van der Waals surface area contributed by atoms with Gasteiger partial charge in [-0.15, -0.1) is 0 Å². The molecule has 1 saturated heterocycles. The van der Waals surface area contributed by atoms with E-state index in [4.69, 9.17) is 14.2 Å². The van der Waals surface area contributed by atoms with Gasteiger partial charge in [-0.3, -0.25) is 14.6 Å². The number of pyridine rings is 1. The second kappa shape index (κ2) is 9.51. The van der Waals surface area contributed by atoms with Crippen LogP contribution in [0.5, 0.6) is 11.5 Å². The lowest BCUT2D eigenvalue weighted by Crippen LogP contribution is -2.47. The van der Waals surface area contributed by atoms with E-state index in [1.807, 2.05) is 0 Å². The number of hydrogen-bond donors (Lipinski definition) is 2. The largest absolute Gasteiger partial charge is 0.486 e. The smallest absolute Gasteiger partial charge is 0.309 e. The van der Waals surface area contributed by atoms with E-state index in [1.165, 1.54) is 12.1 Å². The lowest BCUT2D eigenvalue weighted by Gasteiger charge is -2.24. The quantitative estimate of drug-likeness (QED) is 0.555. The zero-order valence-electron chi connectivity index (χ0n) is 17.0. The van der Waals surface area contributed by atoms with Crippen LogP contribution in [0.3, 0.4) is 0 Å². The number of sulfonamides is 1. The van der Waals surface area contributed by atoms with Crippen molar-refractivity contribution in [2.24, 2.45) is 0 Å². The van der Waals surface area contributed by atoms with Gasteiger partial charge in [0.2, 0.25) is 10.0 Å². The van der Waals surface area contributed by atoms with E-state index >= 15 is 0 Å². The molecule has 0 aliphatic carbocycles. The van der Waals surface area contributed by atoms with Gasteiger partial charge in [-0.1, -0.05) is 6.07 Å². The van der Waals surface area contributed by atoms with Crippen LogP contribution in [0.2, 0.25) is 0 Å². The molecule has 0 saturated carbocycles. The summed E-state index contributed by atoms with van der Waals surface area (Å²) in [4.78, 5) is 28.2. The van der Waals surface area contributed by atoms with Crippen LogP contribution in [0.4, 0.5) is 0 Å². The predicted octanol–water partition coefficient (Wildman–Crippen LogP) is -0.368. The predicted molar refractivity (Wildman–Crippen MR) is 110 cm³/mol. The molecule has 3 heterocycles. The maximum Gasteiger partial charge on any atom is 0.309 e. The number of aromatic nitrogens is 1. The van der Waals surface area contributed by atoms with Crippen LogP contribution in [0, 0.1) is 0 Å². The van der Waals surface area contributed by atoms with Crippen molar-refractivity contribution >= 4 is 21.8 Å². The molecule has 2 N–H and O–H groups in total. The molecule has 1 unspecified atom stereocenters. The van der Waals surface area contributed by atoms with E-state index in [9.17, 15) is 18.0 Å². The van der Waals surface area contributed by atoms with Crippen molar-refractivity contribution in [3.05, 3.63) is 48.3 Å². The lowest BCUT2D eigenvalue weighted by molar-refractivity contribution is -0.139. The third-order valence-corrected chi connectivity index (χ3v) is 6.75. The van der Waals surface area contributed by atoms with Crippen molar-refractivity contribution in [2.75, 3.05) is 32.9 Å². The van der Waals surface area contributed by atoms with E-state index in [1.54, 1.807) is 30.5 Å². The summed E-state index contributed by atoms with van der Waals surface area (Å²) < 4.78 is 43.8. The number of fused-ring (bicyclic) bond motifs is 1. The molecule has 2 amide bonds. The summed E-state index contributed by atoms with van der Waals surface area (Å²) in [6, 6.07) is 9.60. The molecule has 1 fully saturated rings. The zero-order valence-corrected chi connectivity index (χ0v) is 17.8. The van der Waals surface area contributed by atoms with Gasteiger partial charge < -0.3 is 24.8 Å². The first-order valence-corrected chi connectivity index (χ1v) is 11.4. The van der Waals surface area contributed by atoms with Crippen molar-refractivity contribution in [2.45, 2.75) is 17.7 Å².